The first-order chi connectivity index (χ1) is 8.24. The van der Waals surface area contributed by atoms with Crippen LogP contribution in [0.3, 0.4) is 0 Å². The highest BCUT2D eigenvalue weighted by atomic mass is 16.5. The van der Waals surface area contributed by atoms with Crippen LogP contribution in [0.15, 0.2) is 24.3 Å². The van der Waals surface area contributed by atoms with E-state index in [2.05, 4.69) is 13.0 Å². The largest absolute Gasteiger partial charge is 0.494 e. The Morgan fingerprint density at radius 3 is 2.88 bits per heavy atom. The van der Waals surface area contributed by atoms with Crippen LogP contribution >= 0.6 is 0 Å². The van der Waals surface area contributed by atoms with Crippen molar-refractivity contribution in [2.45, 2.75) is 32.4 Å². The molecule has 0 bridgehead atoms. The Bertz CT molecular complexity index is 367. The highest BCUT2D eigenvalue weighted by molar-refractivity contribution is 5.36. The van der Waals surface area contributed by atoms with E-state index in [0.717, 1.165) is 24.3 Å². The van der Waals surface area contributed by atoms with Crippen molar-refractivity contribution in [1.29, 1.82) is 0 Å². The van der Waals surface area contributed by atoms with E-state index in [1.807, 2.05) is 25.1 Å². The quantitative estimate of drug-likeness (QED) is 0.872. The topological polar surface area (TPSA) is 44.5 Å². The van der Waals surface area contributed by atoms with Gasteiger partial charge in [-0.05, 0) is 26.3 Å². The maximum Gasteiger partial charge on any atom is 0.124 e. The van der Waals surface area contributed by atoms with Crippen LogP contribution < -0.4 is 10.5 Å². The lowest BCUT2D eigenvalue weighted by Gasteiger charge is -2.24. The molecule has 0 spiro atoms. The SMILES string of the molecule is CCOc1ccccc1C(N)C1CCOC1C. The standard InChI is InChI=1S/C14H21NO2/c1-3-16-13-7-5-4-6-12(13)14(15)11-8-9-17-10(11)2/h4-7,10-11,14H,3,8-9,15H2,1-2H3. The maximum absolute atomic E-state index is 6.36. The van der Waals surface area contributed by atoms with Gasteiger partial charge in [-0.3, -0.25) is 0 Å². The molecule has 0 aliphatic carbocycles. The predicted octanol–water partition coefficient (Wildman–Crippen LogP) is 2.51. The lowest BCUT2D eigenvalue weighted by molar-refractivity contribution is 0.0992. The van der Waals surface area contributed by atoms with Crippen molar-refractivity contribution in [2.75, 3.05) is 13.2 Å². The van der Waals surface area contributed by atoms with E-state index in [4.69, 9.17) is 15.2 Å². The molecule has 3 atom stereocenters. The van der Waals surface area contributed by atoms with E-state index in [0.29, 0.717) is 12.5 Å². The summed E-state index contributed by atoms with van der Waals surface area (Å²) in [6.45, 7) is 5.57. The molecule has 3 heteroatoms. The van der Waals surface area contributed by atoms with Crippen molar-refractivity contribution in [3.63, 3.8) is 0 Å². The minimum absolute atomic E-state index is 0.00440. The van der Waals surface area contributed by atoms with E-state index < -0.39 is 0 Å². The highest BCUT2D eigenvalue weighted by Gasteiger charge is 2.31. The van der Waals surface area contributed by atoms with Crippen LogP contribution in [0.2, 0.25) is 0 Å². The number of para-hydroxylation sites is 1. The Kier molecular flexibility index (Phi) is 4.02. The second kappa shape index (κ2) is 5.52. The molecule has 0 amide bonds. The molecule has 1 saturated heterocycles. The fourth-order valence-corrected chi connectivity index (χ4v) is 2.49. The summed E-state index contributed by atoms with van der Waals surface area (Å²) >= 11 is 0. The molecule has 1 aromatic rings. The van der Waals surface area contributed by atoms with E-state index in [-0.39, 0.29) is 12.1 Å². The van der Waals surface area contributed by atoms with Crippen LogP contribution in [0.1, 0.15) is 31.9 Å². The maximum atomic E-state index is 6.36. The molecule has 2 N–H and O–H groups in total. The summed E-state index contributed by atoms with van der Waals surface area (Å²) in [6, 6.07) is 8.03. The summed E-state index contributed by atoms with van der Waals surface area (Å²) in [5.74, 6) is 1.29. The summed E-state index contributed by atoms with van der Waals surface area (Å²) in [5.41, 5.74) is 7.46. The Morgan fingerprint density at radius 1 is 1.47 bits per heavy atom. The van der Waals surface area contributed by atoms with Crippen molar-refractivity contribution in [1.82, 2.24) is 0 Å². The van der Waals surface area contributed by atoms with E-state index in [1.54, 1.807) is 0 Å². The minimum atomic E-state index is -0.00440. The van der Waals surface area contributed by atoms with E-state index >= 15 is 0 Å². The van der Waals surface area contributed by atoms with Gasteiger partial charge in [0.15, 0.2) is 0 Å². The van der Waals surface area contributed by atoms with Gasteiger partial charge in [0.1, 0.15) is 5.75 Å². The van der Waals surface area contributed by atoms with Crippen molar-refractivity contribution in [2.24, 2.45) is 11.7 Å². The third kappa shape index (κ3) is 2.61. The van der Waals surface area contributed by atoms with Gasteiger partial charge in [0.2, 0.25) is 0 Å². The molecule has 0 aromatic heterocycles. The third-order valence-electron chi connectivity index (χ3n) is 3.47. The molecule has 2 rings (SSSR count). The number of ether oxygens (including phenoxy) is 2. The predicted molar refractivity (Wildman–Crippen MR) is 68.1 cm³/mol. The van der Waals surface area contributed by atoms with Crippen molar-refractivity contribution >= 4 is 0 Å². The second-order valence-corrected chi connectivity index (χ2v) is 4.53. The first-order valence-corrected chi connectivity index (χ1v) is 6.33. The summed E-state index contributed by atoms with van der Waals surface area (Å²) in [7, 11) is 0. The molecular weight excluding hydrogens is 214 g/mol. The Labute approximate surface area is 103 Å². The first kappa shape index (κ1) is 12.4. The number of nitrogens with two attached hydrogens (primary N) is 1. The molecule has 1 heterocycles. The molecule has 1 aromatic carbocycles. The fraction of sp³-hybridized carbons (Fsp3) is 0.571. The monoisotopic (exact) mass is 235 g/mol. The van der Waals surface area contributed by atoms with Gasteiger partial charge in [0.05, 0.1) is 12.7 Å². The van der Waals surface area contributed by atoms with E-state index in [9.17, 15) is 0 Å². The molecule has 0 radical (unpaired) electrons. The van der Waals surface area contributed by atoms with Gasteiger partial charge in [0, 0.05) is 24.1 Å². The van der Waals surface area contributed by atoms with Crippen LogP contribution in [-0.2, 0) is 4.74 Å². The molecular formula is C14H21NO2. The molecule has 3 nitrogen and oxygen atoms in total. The average Bonchev–Trinajstić information content (AvgIpc) is 2.76. The summed E-state index contributed by atoms with van der Waals surface area (Å²) in [5, 5.41) is 0. The normalized spacial score (nSPS) is 25.8. The van der Waals surface area contributed by atoms with Gasteiger partial charge in [-0.2, -0.15) is 0 Å². The lowest BCUT2D eigenvalue weighted by atomic mass is 9.88. The molecule has 1 aliphatic rings. The third-order valence-corrected chi connectivity index (χ3v) is 3.47. The van der Waals surface area contributed by atoms with Crippen LogP contribution in [0.25, 0.3) is 0 Å². The van der Waals surface area contributed by atoms with Crippen LogP contribution in [0, 0.1) is 5.92 Å². The van der Waals surface area contributed by atoms with Gasteiger partial charge >= 0.3 is 0 Å². The zero-order chi connectivity index (χ0) is 12.3. The Hall–Kier alpha value is -1.06. The number of hydrogen-bond acceptors (Lipinski definition) is 3. The van der Waals surface area contributed by atoms with Gasteiger partial charge in [-0.25, -0.2) is 0 Å². The fourth-order valence-electron chi connectivity index (χ4n) is 2.49. The summed E-state index contributed by atoms with van der Waals surface area (Å²) < 4.78 is 11.2. The minimum Gasteiger partial charge on any atom is -0.494 e. The Balaban J connectivity index is 2.20. The number of benzene rings is 1. The van der Waals surface area contributed by atoms with Crippen LogP contribution in [0.4, 0.5) is 0 Å². The second-order valence-electron chi connectivity index (χ2n) is 4.53. The van der Waals surface area contributed by atoms with Gasteiger partial charge in [-0.1, -0.05) is 18.2 Å². The molecule has 3 unspecified atom stereocenters. The molecule has 17 heavy (non-hydrogen) atoms. The smallest absolute Gasteiger partial charge is 0.124 e. The van der Waals surface area contributed by atoms with Crippen molar-refractivity contribution in [3.05, 3.63) is 29.8 Å². The van der Waals surface area contributed by atoms with Gasteiger partial charge < -0.3 is 15.2 Å². The van der Waals surface area contributed by atoms with Crippen molar-refractivity contribution < 1.29 is 9.47 Å². The molecule has 94 valence electrons. The van der Waals surface area contributed by atoms with Crippen molar-refractivity contribution in [3.8, 4) is 5.75 Å². The van der Waals surface area contributed by atoms with E-state index in [1.165, 1.54) is 0 Å². The molecule has 1 aliphatic heterocycles. The highest BCUT2D eigenvalue weighted by Crippen LogP contribution is 2.35. The summed E-state index contributed by atoms with van der Waals surface area (Å²) in [4.78, 5) is 0. The summed E-state index contributed by atoms with van der Waals surface area (Å²) in [6.07, 6.45) is 1.27. The zero-order valence-electron chi connectivity index (χ0n) is 10.6. The average molecular weight is 235 g/mol. The first-order valence-electron chi connectivity index (χ1n) is 6.33. The van der Waals surface area contributed by atoms with Gasteiger partial charge in [0.25, 0.3) is 0 Å². The number of hydrogen-bond donors (Lipinski definition) is 1. The Morgan fingerprint density at radius 2 is 2.24 bits per heavy atom. The molecule has 1 fully saturated rings. The zero-order valence-corrected chi connectivity index (χ0v) is 10.6. The molecule has 0 saturated carbocycles. The van der Waals surface area contributed by atoms with Crippen LogP contribution in [-0.4, -0.2) is 19.3 Å². The number of rotatable bonds is 4. The lowest BCUT2D eigenvalue weighted by Crippen LogP contribution is -2.27. The van der Waals surface area contributed by atoms with Gasteiger partial charge in [-0.15, -0.1) is 0 Å². The van der Waals surface area contributed by atoms with Crippen LogP contribution in [0.5, 0.6) is 5.75 Å².